The molecule has 0 radical (unpaired) electrons. The van der Waals surface area contributed by atoms with Crippen molar-refractivity contribution in [1.82, 2.24) is 4.98 Å². The lowest BCUT2D eigenvalue weighted by Crippen LogP contribution is -2.01. The fourth-order valence-corrected chi connectivity index (χ4v) is 2.51. The Kier molecular flexibility index (Phi) is 3.70. The molecule has 0 saturated carbocycles. The molecule has 0 bridgehead atoms. The number of para-hydroxylation sites is 1. The number of hydrogen-bond acceptors (Lipinski definition) is 2. The Bertz CT molecular complexity index is 748. The number of halogens is 1. The van der Waals surface area contributed by atoms with E-state index in [4.69, 9.17) is 0 Å². The number of aryl methyl sites for hydroxylation is 1. The summed E-state index contributed by atoms with van der Waals surface area (Å²) in [6.45, 7) is 2.90. The molecule has 100 valence electrons. The molecule has 2 aromatic carbocycles. The van der Waals surface area contributed by atoms with E-state index in [0.29, 0.717) is 0 Å². The second kappa shape index (κ2) is 5.63. The average Bonchev–Trinajstić information content (AvgIpc) is 2.48. The average molecular weight is 327 g/mol. The van der Waals surface area contributed by atoms with Crippen LogP contribution >= 0.6 is 15.9 Å². The molecule has 0 atom stereocenters. The number of rotatable bonds is 3. The van der Waals surface area contributed by atoms with Crippen LogP contribution in [0.25, 0.3) is 10.9 Å². The molecular weight excluding hydrogens is 312 g/mol. The minimum absolute atomic E-state index is 0.795. The SMILES string of the molecule is Cc1cc(CNc2cccc3cccnc23)ccc1Br. The van der Waals surface area contributed by atoms with Gasteiger partial charge in [-0.3, -0.25) is 4.98 Å². The smallest absolute Gasteiger partial charge is 0.0933 e. The number of fused-ring (bicyclic) bond motifs is 1. The summed E-state index contributed by atoms with van der Waals surface area (Å²) in [4.78, 5) is 4.46. The fraction of sp³-hybridized carbons (Fsp3) is 0.118. The van der Waals surface area contributed by atoms with Crippen molar-refractivity contribution in [2.75, 3.05) is 5.32 Å². The molecule has 0 unspecified atom stereocenters. The van der Waals surface area contributed by atoms with Gasteiger partial charge >= 0.3 is 0 Å². The van der Waals surface area contributed by atoms with Gasteiger partial charge in [0.05, 0.1) is 11.2 Å². The lowest BCUT2D eigenvalue weighted by Gasteiger charge is -2.10. The third kappa shape index (κ3) is 2.68. The Morgan fingerprint density at radius 1 is 1.10 bits per heavy atom. The van der Waals surface area contributed by atoms with Crippen LogP contribution in [0.4, 0.5) is 5.69 Å². The van der Waals surface area contributed by atoms with Crippen molar-refractivity contribution in [2.24, 2.45) is 0 Å². The van der Waals surface area contributed by atoms with E-state index in [-0.39, 0.29) is 0 Å². The van der Waals surface area contributed by atoms with Crippen LogP contribution in [0.15, 0.2) is 59.2 Å². The van der Waals surface area contributed by atoms with E-state index in [0.717, 1.165) is 27.6 Å². The van der Waals surface area contributed by atoms with Gasteiger partial charge in [0.2, 0.25) is 0 Å². The second-order valence-corrected chi connectivity index (χ2v) is 5.67. The zero-order chi connectivity index (χ0) is 13.9. The first-order valence-electron chi connectivity index (χ1n) is 6.57. The van der Waals surface area contributed by atoms with Crippen LogP contribution in [0.5, 0.6) is 0 Å². The minimum Gasteiger partial charge on any atom is -0.379 e. The molecule has 3 aromatic rings. The summed E-state index contributed by atoms with van der Waals surface area (Å²) in [5, 5.41) is 4.63. The fourth-order valence-electron chi connectivity index (χ4n) is 2.26. The Morgan fingerprint density at radius 3 is 2.80 bits per heavy atom. The standard InChI is InChI=1S/C17H15BrN2/c1-12-10-13(7-8-15(12)18)11-20-16-6-2-4-14-5-3-9-19-17(14)16/h2-10,20H,11H2,1H3. The Balaban J connectivity index is 1.85. The molecule has 0 aliphatic heterocycles. The number of nitrogens with zero attached hydrogens (tertiary/aromatic N) is 1. The molecular formula is C17H15BrN2. The highest BCUT2D eigenvalue weighted by atomic mass is 79.9. The number of benzene rings is 2. The molecule has 0 amide bonds. The molecule has 1 N–H and O–H groups in total. The predicted octanol–water partition coefficient (Wildman–Crippen LogP) is 4.92. The highest BCUT2D eigenvalue weighted by Crippen LogP contribution is 2.22. The highest BCUT2D eigenvalue weighted by molar-refractivity contribution is 9.10. The Labute approximate surface area is 127 Å². The Morgan fingerprint density at radius 2 is 1.95 bits per heavy atom. The van der Waals surface area contributed by atoms with Crippen LogP contribution in [0, 0.1) is 6.92 Å². The largest absolute Gasteiger partial charge is 0.379 e. The van der Waals surface area contributed by atoms with Crippen molar-refractivity contribution in [3.05, 3.63) is 70.3 Å². The molecule has 0 aliphatic rings. The number of aromatic nitrogens is 1. The molecule has 3 rings (SSSR count). The van der Waals surface area contributed by atoms with E-state index in [1.807, 2.05) is 12.3 Å². The summed E-state index contributed by atoms with van der Waals surface area (Å²) < 4.78 is 1.15. The van der Waals surface area contributed by atoms with E-state index in [2.05, 4.69) is 75.6 Å². The van der Waals surface area contributed by atoms with Gasteiger partial charge in [0.1, 0.15) is 0 Å². The van der Waals surface area contributed by atoms with Gasteiger partial charge in [-0.25, -0.2) is 0 Å². The number of nitrogens with one attached hydrogen (secondary N) is 1. The van der Waals surface area contributed by atoms with Gasteiger partial charge in [-0.1, -0.05) is 46.3 Å². The van der Waals surface area contributed by atoms with Crippen molar-refractivity contribution >= 4 is 32.5 Å². The van der Waals surface area contributed by atoms with Crippen LogP contribution in [0.1, 0.15) is 11.1 Å². The van der Waals surface area contributed by atoms with Gasteiger partial charge in [-0.15, -0.1) is 0 Å². The predicted molar refractivity (Wildman–Crippen MR) is 87.9 cm³/mol. The van der Waals surface area contributed by atoms with Crippen LogP contribution in [-0.2, 0) is 6.54 Å². The van der Waals surface area contributed by atoms with Crippen LogP contribution in [0.2, 0.25) is 0 Å². The lowest BCUT2D eigenvalue weighted by molar-refractivity contribution is 1.14. The molecule has 3 heteroatoms. The van der Waals surface area contributed by atoms with Crippen LogP contribution in [0.3, 0.4) is 0 Å². The van der Waals surface area contributed by atoms with Crippen LogP contribution < -0.4 is 5.32 Å². The summed E-state index contributed by atoms with van der Waals surface area (Å²) in [5.41, 5.74) is 4.60. The summed E-state index contributed by atoms with van der Waals surface area (Å²) in [5.74, 6) is 0. The van der Waals surface area contributed by atoms with Gasteiger partial charge < -0.3 is 5.32 Å². The quantitative estimate of drug-likeness (QED) is 0.739. The van der Waals surface area contributed by atoms with Crippen molar-refractivity contribution < 1.29 is 0 Å². The first-order valence-corrected chi connectivity index (χ1v) is 7.36. The summed E-state index contributed by atoms with van der Waals surface area (Å²) in [7, 11) is 0. The molecule has 2 nitrogen and oxygen atoms in total. The van der Waals surface area contributed by atoms with E-state index in [1.54, 1.807) is 0 Å². The van der Waals surface area contributed by atoms with Crippen LogP contribution in [-0.4, -0.2) is 4.98 Å². The zero-order valence-electron chi connectivity index (χ0n) is 11.2. The van der Waals surface area contributed by atoms with Gasteiger partial charge in [-0.05, 0) is 36.2 Å². The maximum atomic E-state index is 4.46. The maximum Gasteiger partial charge on any atom is 0.0933 e. The normalized spacial score (nSPS) is 10.7. The number of pyridine rings is 1. The van der Waals surface area contributed by atoms with Gasteiger partial charge in [0.15, 0.2) is 0 Å². The number of anilines is 1. The molecule has 0 aliphatic carbocycles. The van der Waals surface area contributed by atoms with E-state index >= 15 is 0 Å². The molecule has 0 saturated heterocycles. The lowest BCUT2D eigenvalue weighted by atomic mass is 10.1. The number of hydrogen-bond donors (Lipinski definition) is 1. The minimum atomic E-state index is 0.795. The highest BCUT2D eigenvalue weighted by Gasteiger charge is 2.02. The summed E-state index contributed by atoms with van der Waals surface area (Å²) in [6, 6.07) is 16.7. The third-order valence-corrected chi connectivity index (χ3v) is 4.23. The van der Waals surface area contributed by atoms with E-state index < -0.39 is 0 Å². The first-order chi connectivity index (χ1) is 9.74. The third-order valence-electron chi connectivity index (χ3n) is 3.34. The summed E-state index contributed by atoms with van der Waals surface area (Å²) >= 11 is 3.53. The summed E-state index contributed by atoms with van der Waals surface area (Å²) in [6.07, 6.45) is 1.83. The van der Waals surface area contributed by atoms with Crippen molar-refractivity contribution in [3.63, 3.8) is 0 Å². The van der Waals surface area contributed by atoms with E-state index in [1.165, 1.54) is 11.1 Å². The molecule has 20 heavy (non-hydrogen) atoms. The second-order valence-electron chi connectivity index (χ2n) is 4.82. The van der Waals surface area contributed by atoms with Crippen molar-refractivity contribution in [3.8, 4) is 0 Å². The van der Waals surface area contributed by atoms with E-state index in [9.17, 15) is 0 Å². The molecule has 1 heterocycles. The molecule has 1 aromatic heterocycles. The van der Waals surface area contributed by atoms with Crippen molar-refractivity contribution in [1.29, 1.82) is 0 Å². The van der Waals surface area contributed by atoms with Crippen molar-refractivity contribution in [2.45, 2.75) is 13.5 Å². The van der Waals surface area contributed by atoms with Gasteiger partial charge in [0, 0.05) is 22.6 Å². The Hall–Kier alpha value is -1.87. The monoisotopic (exact) mass is 326 g/mol. The van der Waals surface area contributed by atoms with Gasteiger partial charge in [-0.2, -0.15) is 0 Å². The van der Waals surface area contributed by atoms with Gasteiger partial charge in [0.25, 0.3) is 0 Å². The topological polar surface area (TPSA) is 24.9 Å². The maximum absolute atomic E-state index is 4.46. The molecule has 0 spiro atoms. The molecule has 0 fully saturated rings. The first kappa shape index (κ1) is 13.1. The zero-order valence-corrected chi connectivity index (χ0v) is 12.8.